The van der Waals surface area contributed by atoms with E-state index in [9.17, 15) is 8.42 Å². The minimum atomic E-state index is -3.11. The second-order valence-corrected chi connectivity index (χ2v) is 6.80. The highest BCUT2D eigenvalue weighted by Crippen LogP contribution is 2.16. The van der Waals surface area contributed by atoms with Crippen molar-refractivity contribution in [2.75, 3.05) is 12.3 Å². The summed E-state index contributed by atoms with van der Waals surface area (Å²) in [6.07, 6.45) is 5.06. The van der Waals surface area contributed by atoms with Gasteiger partial charge in [0.25, 0.3) is 0 Å². The van der Waals surface area contributed by atoms with Gasteiger partial charge in [-0.25, -0.2) is 18.1 Å². The zero-order valence-corrected chi connectivity index (χ0v) is 13.0. The lowest BCUT2D eigenvalue weighted by Crippen LogP contribution is -2.27. The van der Waals surface area contributed by atoms with Gasteiger partial charge in [0, 0.05) is 31.0 Å². The maximum atomic E-state index is 11.6. The van der Waals surface area contributed by atoms with E-state index in [0.29, 0.717) is 13.0 Å². The van der Waals surface area contributed by atoms with Crippen LogP contribution in [0.3, 0.4) is 0 Å². The molecule has 0 aliphatic carbocycles. The average molecular weight is 307 g/mol. The highest BCUT2D eigenvalue weighted by molar-refractivity contribution is 7.89. The zero-order chi connectivity index (χ0) is 15.1. The highest BCUT2D eigenvalue weighted by atomic mass is 32.2. The maximum Gasteiger partial charge on any atom is 0.211 e. The van der Waals surface area contributed by atoms with Crippen molar-refractivity contribution in [2.24, 2.45) is 0 Å². The molecule has 21 heavy (non-hydrogen) atoms. The Bertz CT molecular complexity index is 651. The minimum Gasteiger partial charge on any atom is -0.331 e. The molecule has 2 aromatic rings. The molecule has 0 aliphatic heterocycles. The molecule has 0 spiro atoms. The molecule has 0 atom stereocenters. The molecule has 1 aromatic carbocycles. The molecule has 1 aromatic heterocycles. The van der Waals surface area contributed by atoms with Crippen LogP contribution in [0.4, 0.5) is 0 Å². The molecule has 1 heterocycles. The third-order valence-corrected chi connectivity index (χ3v) is 4.71. The number of aryl methyl sites for hydroxylation is 1. The third-order valence-electron chi connectivity index (χ3n) is 3.12. The SMILES string of the molecule is CCCS(=O)(=O)NCCCn1ccnc1-c1ccccc1. The first kappa shape index (κ1) is 15.7. The summed E-state index contributed by atoms with van der Waals surface area (Å²) in [6, 6.07) is 9.96. The van der Waals surface area contributed by atoms with Crippen molar-refractivity contribution in [1.29, 1.82) is 0 Å². The van der Waals surface area contributed by atoms with Crippen LogP contribution in [0.5, 0.6) is 0 Å². The lowest BCUT2D eigenvalue weighted by Gasteiger charge is -2.09. The van der Waals surface area contributed by atoms with E-state index in [1.165, 1.54) is 0 Å². The predicted molar refractivity (Wildman–Crippen MR) is 84.4 cm³/mol. The van der Waals surface area contributed by atoms with Gasteiger partial charge in [-0.1, -0.05) is 37.3 Å². The first-order valence-electron chi connectivity index (χ1n) is 7.16. The molecule has 0 amide bonds. The second-order valence-electron chi connectivity index (χ2n) is 4.88. The van der Waals surface area contributed by atoms with E-state index in [1.807, 2.05) is 48.0 Å². The van der Waals surface area contributed by atoms with Crippen molar-refractivity contribution in [3.63, 3.8) is 0 Å². The van der Waals surface area contributed by atoms with Gasteiger partial charge in [0.2, 0.25) is 10.0 Å². The van der Waals surface area contributed by atoms with Crippen molar-refractivity contribution in [1.82, 2.24) is 14.3 Å². The molecule has 0 saturated heterocycles. The van der Waals surface area contributed by atoms with E-state index >= 15 is 0 Å². The smallest absolute Gasteiger partial charge is 0.211 e. The second kappa shape index (κ2) is 7.38. The normalized spacial score (nSPS) is 11.7. The van der Waals surface area contributed by atoms with Gasteiger partial charge in [0.15, 0.2) is 0 Å². The first-order valence-corrected chi connectivity index (χ1v) is 8.81. The number of nitrogens with zero attached hydrogens (tertiary/aromatic N) is 2. The summed E-state index contributed by atoms with van der Waals surface area (Å²) in [7, 11) is -3.11. The standard InChI is InChI=1S/C15H21N3O2S/c1-2-13-21(19,20)17-9-6-11-18-12-10-16-15(18)14-7-4-3-5-8-14/h3-5,7-8,10,12,17H,2,6,9,11,13H2,1H3. The summed E-state index contributed by atoms with van der Waals surface area (Å²) < 4.78 is 27.8. The summed E-state index contributed by atoms with van der Waals surface area (Å²) in [5, 5.41) is 0. The van der Waals surface area contributed by atoms with Crippen LogP contribution >= 0.6 is 0 Å². The lowest BCUT2D eigenvalue weighted by molar-refractivity contribution is 0.569. The quantitative estimate of drug-likeness (QED) is 0.761. The molecule has 1 N–H and O–H groups in total. The Morgan fingerprint density at radius 3 is 2.71 bits per heavy atom. The molecule has 0 radical (unpaired) electrons. The number of nitrogens with one attached hydrogen (secondary N) is 1. The summed E-state index contributed by atoms with van der Waals surface area (Å²) in [5.41, 5.74) is 1.06. The monoisotopic (exact) mass is 307 g/mol. The number of aromatic nitrogens is 2. The highest BCUT2D eigenvalue weighted by Gasteiger charge is 2.08. The van der Waals surface area contributed by atoms with Gasteiger partial charge in [-0.3, -0.25) is 0 Å². The molecule has 114 valence electrons. The summed E-state index contributed by atoms with van der Waals surface area (Å²) in [6.45, 7) is 3.05. The molecule has 6 heteroatoms. The maximum absolute atomic E-state index is 11.6. The fourth-order valence-corrected chi connectivity index (χ4v) is 3.29. The third kappa shape index (κ3) is 4.68. The van der Waals surface area contributed by atoms with E-state index in [4.69, 9.17) is 0 Å². The molecular weight excluding hydrogens is 286 g/mol. The van der Waals surface area contributed by atoms with E-state index < -0.39 is 10.0 Å². The van der Waals surface area contributed by atoms with Gasteiger partial charge >= 0.3 is 0 Å². The molecule has 0 unspecified atom stereocenters. The zero-order valence-electron chi connectivity index (χ0n) is 12.2. The number of hydrogen-bond acceptors (Lipinski definition) is 3. The summed E-state index contributed by atoms with van der Waals surface area (Å²) >= 11 is 0. The van der Waals surface area contributed by atoms with Crippen molar-refractivity contribution < 1.29 is 8.42 Å². The van der Waals surface area contributed by atoms with Crippen LogP contribution in [-0.2, 0) is 16.6 Å². The predicted octanol–water partition coefficient (Wildman–Crippen LogP) is 2.27. The Morgan fingerprint density at radius 1 is 1.24 bits per heavy atom. The van der Waals surface area contributed by atoms with Gasteiger partial charge in [0.1, 0.15) is 5.82 Å². The van der Waals surface area contributed by atoms with Gasteiger partial charge in [0.05, 0.1) is 5.75 Å². The Hall–Kier alpha value is -1.66. The van der Waals surface area contributed by atoms with Crippen molar-refractivity contribution in [3.8, 4) is 11.4 Å². The van der Waals surface area contributed by atoms with Gasteiger partial charge in [-0.15, -0.1) is 0 Å². The molecule has 0 saturated carbocycles. The van der Waals surface area contributed by atoms with Crippen LogP contribution in [0.1, 0.15) is 19.8 Å². The summed E-state index contributed by atoms with van der Waals surface area (Å²) in [5.74, 6) is 1.10. The number of benzene rings is 1. The Morgan fingerprint density at radius 2 is 2.00 bits per heavy atom. The first-order chi connectivity index (χ1) is 10.1. The van der Waals surface area contributed by atoms with Gasteiger partial charge < -0.3 is 4.57 Å². The average Bonchev–Trinajstić information content (AvgIpc) is 2.93. The largest absolute Gasteiger partial charge is 0.331 e. The van der Waals surface area contributed by atoms with Crippen LogP contribution in [0.2, 0.25) is 0 Å². The molecular formula is C15H21N3O2S. The van der Waals surface area contributed by atoms with E-state index in [2.05, 4.69) is 9.71 Å². The Kier molecular flexibility index (Phi) is 5.52. The molecule has 2 rings (SSSR count). The van der Waals surface area contributed by atoms with Gasteiger partial charge in [-0.05, 0) is 12.8 Å². The summed E-state index contributed by atoms with van der Waals surface area (Å²) in [4.78, 5) is 4.37. The molecule has 5 nitrogen and oxygen atoms in total. The number of rotatable bonds is 8. The molecule has 0 fully saturated rings. The van der Waals surface area contributed by atoms with E-state index in [1.54, 1.807) is 6.20 Å². The minimum absolute atomic E-state index is 0.188. The lowest BCUT2D eigenvalue weighted by atomic mass is 10.2. The Labute approximate surface area is 126 Å². The number of hydrogen-bond donors (Lipinski definition) is 1. The molecule has 0 bridgehead atoms. The van der Waals surface area contributed by atoms with Crippen LogP contribution < -0.4 is 4.72 Å². The number of imidazole rings is 1. The van der Waals surface area contributed by atoms with E-state index in [0.717, 1.165) is 24.4 Å². The fraction of sp³-hybridized carbons (Fsp3) is 0.400. The molecule has 0 aliphatic rings. The van der Waals surface area contributed by atoms with Crippen molar-refractivity contribution in [3.05, 3.63) is 42.7 Å². The van der Waals surface area contributed by atoms with Gasteiger partial charge in [-0.2, -0.15) is 0 Å². The van der Waals surface area contributed by atoms with Crippen molar-refractivity contribution >= 4 is 10.0 Å². The van der Waals surface area contributed by atoms with Crippen LogP contribution in [-0.4, -0.2) is 30.3 Å². The fourth-order valence-electron chi connectivity index (χ4n) is 2.16. The topological polar surface area (TPSA) is 64.0 Å². The van der Waals surface area contributed by atoms with E-state index in [-0.39, 0.29) is 5.75 Å². The van der Waals surface area contributed by atoms with Crippen LogP contribution in [0.15, 0.2) is 42.7 Å². The Balaban J connectivity index is 1.89. The van der Waals surface area contributed by atoms with Crippen LogP contribution in [0, 0.1) is 0 Å². The van der Waals surface area contributed by atoms with Crippen molar-refractivity contribution in [2.45, 2.75) is 26.3 Å². The number of sulfonamides is 1. The van der Waals surface area contributed by atoms with Crippen LogP contribution in [0.25, 0.3) is 11.4 Å².